The average Bonchev–Trinajstić information content (AvgIpc) is 3.54. The van der Waals surface area contributed by atoms with Gasteiger partial charge < -0.3 is 14.4 Å². The number of nitrogens with zero attached hydrogens (tertiary/aromatic N) is 3. The molecule has 1 aliphatic rings. The minimum absolute atomic E-state index is 0.0663. The Kier molecular flexibility index (Phi) is 8.00. The Morgan fingerprint density at radius 3 is 2.53 bits per heavy atom. The quantitative estimate of drug-likeness (QED) is 0.480. The fourth-order valence-electron chi connectivity index (χ4n) is 4.14. The van der Waals surface area contributed by atoms with Crippen LogP contribution in [0.5, 0.6) is 5.75 Å². The lowest BCUT2D eigenvalue weighted by atomic mass is 10.1. The molecule has 0 saturated carbocycles. The van der Waals surface area contributed by atoms with Crippen LogP contribution in [-0.4, -0.2) is 59.2 Å². The highest BCUT2D eigenvalue weighted by molar-refractivity contribution is 5.94. The lowest BCUT2D eigenvalue weighted by Gasteiger charge is -2.26. The van der Waals surface area contributed by atoms with Gasteiger partial charge in [0.05, 0.1) is 18.9 Å². The van der Waals surface area contributed by atoms with Gasteiger partial charge in [-0.25, -0.2) is 9.37 Å². The van der Waals surface area contributed by atoms with E-state index in [2.05, 4.69) is 10.3 Å². The van der Waals surface area contributed by atoms with Gasteiger partial charge in [-0.15, -0.1) is 0 Å². The van der Waals surface area contributed by atoms with Crippen molar-refractivity contribution < 1.29 is 23.5 Å². The third-order valence-corrected chi connectivity index (χ3v) is 6.04. The molecule has 2 aromatic carbocycles. The number of ether oxygens (including phenoxy) is 2. The van der Waals surface area contributed by atoms with Gasteiger partial charge in [0.2, 0.25) is 17.8 Å². The van der Waals surface area contributed by atoms with Crippen molar-refractivity contribution in [3.05, 3.63) is 60.5 Å². The highest BCUT2D eigenvalue weighted by atomic mass is 19.1. The molecule has 1 aromatic heterocycles. The summed E-state index contributed by atoms with van der Waals surface area (Å²) in [6.07, 6.45) is 3.52. The first-order valence-corrected chi connectivity index (χ1v) is 12.0. The van der Waals surface area contributed by atoms with Crippen LogP contribution in [0.25, 0.3) is 16.9 Å². The Balaban J connectivity index is 1.59. The van der Waals surface area contributed by atoms with Crippen LogP contribution in [0.2, 0.25) is 0 Å². The summed E-state index contributed by atoms with van der Waals surface area (Å²) in [4.78, 5) is 32.1. The molecule has 190 valence electrons. The van der Waals surface area contributed by atoms with Crippen molar-refractivity contribution in [2.45, 2.75) is 32.8 Å². The summed E-state index contributed by atoms with van der Waals surface area (Å²) in [5.41, 5.74) is 2.07. The van der Waals surface area contributed by atoms with Gasteiger partial charge in [0, 0.05) is 36.5 Å². The second-order valence-corrected chi connectivity index (χ2v) is 9.08. The number of anilines is 1. The second-order valence-electron chi connectivity index (χ2n) is 9.08. The molecule has 0 aliphatic carbocycles. The third kappa shape index (κ3) is 6.09. The first-order valence-electron chi connectivity index (χ1n) is 12.0. The van der Waals surface area contributed by atoms with E-state index in [9.17, 15) is 14.0 Å². The van der Waals surface area contributed by atoms with Crippen molar-refractivity contribution in [3.63, 3.8) is 0 Å². The largest absolute Gasteiger partial charge is 0.497 e. The van der Waals surface area contributed by atoms with Gasteiger partial charge in [0.1, 0.15) is 18.1 Å². The molecule has 1 N–H and O–H groups in total. The molecular formula is C27H31FN4O4. The van der Waals surface area contributed by atoms with Crippen LogP contribution < -0.4 is 10.1 Å². The van der Waals surface area contributed by atoms with Crippen LogP contribution in [0.1, 0.15) is 26.7 Å². The molecule has 1 aliphatic heterocycles. The summed E-state index contributed by atoms with van der Waals surface area (Å²) in [5, 5.41) is 2.85. The number of nitrogens with one attached hydrogen (secondary N) is 1. The van der Waals surface area contributed by atoms with E-state index in [1.165, 1.54) is 12.1 Å². The summed E-state index contributed by atoms with van der Waals surface area (Å²) in [5.74, 6) is -0.115. The molecule has 0 radical (unpaired) electrons. The van der Waals surface area contributed by atoms with Crippen LogP contribution >= 0.6 is 0 Å². The van der Waals surface area contributed by atoms with E-state index in [1.54, 1.807) is 34.9 Å². The van der Waals surface area contributed by atoms with Crippen molar-refractivity contribution in [2.75, 3.05) is 32.1 Å². The summed E-state index contributed by atoms with van der Waals surface area (Å²) in [6, 6.07) is 13.3. The number of hydrogen-bond acceptors (Lipinski definition) is 5. The van der Waals surface area contributed by atoms with E-state index in [1.807, 2.05) is 38.1 Å². The van der Waals surface area contributed by atoms with Crippen molar-refractivity contribution >= 4 is 17.8 Å². The van der Waals surface area contributed by atoms with Crippen molar-refractivity contribution in [1.29, 1.82) is 0 Å². The molecule has 0 spiro atoms. The molecule has 1 fully saturated rings. The SMILES string of the molecule is COc1ccc(-c2cn(-c3ccc(F)cc3)c(NC(=O)CN(C[C@@H]3CCCO3)C(=O)C(C)C)n2)cc1. The van der Waals surface area contributed by atoms with Crippen molar-refractivity contribution in [1.82, 2.24) is 14.5 Å². The molecule has 0 bridgehead atoms. The second kappa shape index (κ2) is 11.3. The van der Waals surface area contributed by atoms with E-state index in [-0.39, 0.29) is 42.1 Å². The number of hydrogen-bond donors (Lipinski definition) is 1. The van der Waals surface area contributed by atoms with Crippen LogP contribution in [0, 0.1) is 11.7 Å². The van der Waals surface area contributed by atoms with E-state index in [4.69, 9.17) is 9.47 Å². The number of amides is 2. The third-order valence-electron chi connectivity index (χ3n) is 6.04. The average molecular weight is 495 g/mol. The first kappa shape index (κ1) is 25.4. The Morgan fingerprint density at radius 1 is 1.19 bits per heavy atom. The number of carbonyl (C=O) groups excluding carboxylic acids is 2. The van der Waals surface area contributed by atoms with Gasteiger partial charge in [-0.2, -0.15) is 0 Å². The number of halogens is 1. The molecule has 9 heteroatoms. The highest BCUT2D eigenvalue weighted by Gasteiger charge is 2.26. The van der Waals surface area contributed by atoms with Gasteiger partial charge >= 0.3 is 0 Å². The van der Waals surface area contributed by atoms with Crippen LogP contribution in [-0.2, 0) is 14.3 Å². The number of methoxy groups -OCH3 is 1. The van der Waals surface area contributed by atoms with E-state index >= 15 is 0 Å². The van der Waals surface area contributed by atoms with Crippen molar-refractivity contribution in [2.24, 2.45) is 5.92 Å². The lowest BCUT2D eigenvalue weighted by Crippen LogP contribution is -2.44. The van der Waals surface area contributed by atoms with Gasteiger partial charge in [0.25, 0.3) is 0 Å². The summed E-state index contributed by atoms with van der Waals surface area (Å²) >= 11 is 0. The predicted molar refractivity (Wildman–Crippen MR) is 135 cm³/mol. The van der Waals surface area contributed by atoms with E-state index in [0.717, 1.165) is 18.4 Å². The van der Waals surface area contributed by atoms with Gasteiger partial charge in [-0.3, -0.25) is 19.5 Å². The zero-order chi connectivity index (χ0) is 25.7. The zero-order valence-corrected chi connectivity index (χ0v) is 20.7. The minimum atomic E-state index is -0.378. The maximum atomic E-state index is 13.6. The molecule has 0 unspecified atom stereocenters. The number of imidazole rings is 1. The standard InChI is InChI=1S/C27H31FN4O4/c1-18(2)26(34)31(15-23-5-4-14-36-23)17-25(33)30-27-29-24(19-6-12-22(35-3)13-7-19)16-32(27)21-10-8-20(28)9-11-21/h6-13,16,18,23H,4-5,14-15,17H2,1-3H3,(H,29,30,33)/t23-/m0/s1. The van der Waals surface area contributed by atoms with Crippen LogP contribution in [0.4, 0.5) is 10.3 Å². The fourth-order valence-corrected chi connectivity index (χ4v) is 4.14. The van der Waals surface area contributed by atoms with Gasteiger partial charge in [-0.1, -0.05) is 13.8 Å². The predicted octanol–water partition coefficient (Wildman–Crippen LogP) is 4.29. The molecule has 36 heavy (non-hydrogen) atoms. The minimum Gasteiger partial charge on any atom is -0.497 e. The normalized spacial score (nSPS) is 15.2. The monoisotopic (exact) mass is 494 g/mol. The Hall–Kier alpha value is -3.72. The molecule has 1 atom stereocenters. The lowest BCUT2D eigenvalue weighted by molar-refractivity contribution is -0.139. The Morgan fingerprint density at radius 2 is 1.92 bits per heavy atom. The first-order chi connectivity index (χ1) is 17.3. The highest BCUT2D eigenvalue weighted by Crippen LogP contribution is 2.26. The molecule has 3 aromatic rings. The summed E-state index contributed by atoms with van der Waals surface area (Å²) in [7, 11) is 1.60. The maximum absolute atomic E-state index is 13.6. The Bertz CT molecular complexity index is 1190. The maximum Gasteiger partial charge on any atom is 0.246 e. The molecule has 2 amide bonds. The number of carbonyl (C=O) groups is 2. The molecule has 2 heterocycles. The molecule has 4 rings (SSSR count). The zero-order valence-electron chi connectivity index (χ0n) is 20.7. The topological polar surface area (TPSA) is 85.7 Å². The fraction of sp³-hybridized carbons (Fsp3) is 0.370. The molecule has 1 saturated heterocycles. The van der Waals surface area contributed by atoms with E-state index in [0.29, 0.717) is 30.3 Å². The van der Waals surface area contributed by atoms with Gasteiger partial charge in [-0.05, 0) is 61.4 Å². The number of aromatic nitrogens is 2. The summed E-state index contributed by atoms with van der Waals surface area (Å²) in [6.45, 7) is 4.54. The van der Waals surface area contributed by atoms with Crippen molar-refractivity contribution in [3.8, 4) is 22.7 Å². The number of benzene rings is 2. The van der Waals surface area contributed by atoms with Crippen LogP contribution in [0.15, 0.2) is 54.7 Å². The van der Waals surface area contributed by atoms with E-state index < -0.39 is 0 Å². The smallest absolute Gasteiger partial charge is 0.246 e. The Labute approximate surface area is 210 Å². The van der Waals surface area contributed by atoms with Gasteiger partial charge in [0.15, 0.2) is 0 Å². The molecule has 8 nitrogen and oxygen atoms in total. The molecular weight excluding hydrogens is 463 g/mol. The number of rotatable bonds is 9. The summed E-state index contributed by atoms with van der Waals surface area (Å²) < 4.78 is 26.2. The van der Waals surface area contributed by atoms with Crippen LogP contribution in [0.3, 0.4) is 0 Å².